The molecule has 0 unspecified atom stereocenters. The predicted molar refractivity (Wildman–Crippen MR) is 69.1 cm³/mol. The van der Waals surface area contributed by atoms with Gasteiger partial charge < -0.3 is 4.57 Å². The standard InChI is InChI=1S/C11H7Cl3N2O/c12-8-2-1-7(5-9(8)13)6-16-4-3-15-10(14)11(16)17/h1-5H,6H2. The summed E-state index contributed by atoms with van der Waals surface area (Å²) in [7, 11) is 0. The smallest absolute Gasteiger partial charge is 0.288 e. The van der Waals surface area contributed by atoms with E-state index >= 15 is 0 Å². The molecular formula is C11H7Cl3N2O. The Morgan fingerprint density at radius 3 is 2.65 bits per heavy atom. The van der Waals surface area contributed by atoms with E-state index in [0.29, 0.717) is 16.6 Å². The Balaban J connectivity index is 2.35. The molecule has 3 nitrogen and oxygen atoms in total. The topological polar surface area (TPSA) is 34.9 Å². The highest BCUT2D eigenvalue weighted by atomic mass is 35.5. The van der Waals surface area contributed by atoms with Crippen LogP contribution in [0.1, 0.15) is 5.56 Å². The highest BCUT2D eigenvalue weighted by molar-refractivity contribution is 6.42. The van der Waals surface area contributed by atoms with E-state index in [-0.39, 0.29) is 10.7 Å². The molecule has 88 valence electrons. The summed E-state index contributed by atoms with van der Waals surface area (Å²) in [6.07, 6.45) is 3.04. The van der Waals surface area contributed by atoms with Crippen LogP contribution in [-0.2, 0) is 6.54 Å². The Labute approximate surface area is 113 Å². The van der Waals surface area contributed by atoms with Crippen molar-refractivity contribution in [3.8, 4) is 0 Å². The monoisotopic (exact) mass is 288 g/mol. The van der Waals surface area contributed by atoms with Gasteiger partial charge in [0.05, 0.1) is 16.6 Å². The summed E-state index contributed by atoms with van der Waals surface area (Å²) in [6.45, 7) is 0.373. The van der Waals surface area contributed by atoms with Crippen LogP contribution in [-0.4, -0.2) is 9.55 Å². The zero-order valence-corrected chi connectivity index (χ0v) is 10.8. The third-order valence-electron chi connectivity index (χ3n) is 2.21. The van der Waals surface area contributed by atoms with Crippen molar-refractivity contribution in [3.63, 3.8) is 0 Å². The zero-order valence-electron chi connectivity index (χ0n) is 8.53. The van der Waals surface area contributed by atoms with E-state index in [2.05, 4.69) is 4.98 Å². The number of aromatic nitrogens is 2. The van der Waals surface area contributed by atoms with Crippen molar-refractivity contribution < 1.29 is 0 Å². The third-order valence-corrected chi connectivity index (χ3v) is 3.21. The Hall–Kier alpha value is -1.03. The lowest BCUT2D eigenvalue weighted by molar-refractivity contribution is 0.748. The SMILES string of the molecule is O=c1c(Cl)nccn1Cc1ccc(Cl)c(Cl)c1. The molecule has 0 fully saturated rings. The molecule has 0 spiro atoms. The first-order chi connectivity index (χ1) is 8.08. The third kappa shape index (κ3) is 2.80. The number of benzene rings is 1. The second kappa shape index (κ2) is 5.08. The van der Waals surface area contributed by atoms with E-state index in [1.54, 1.807) is 24.4 Å². The normalized spacial score (nSPS) is 10.5. The highest BCUT2D eigenvalue weighted by Crippen LogP contribution is 2.22. The van der Waals surface area contributed by atoms with Gasteiger partial charge in [-0.3, -0.25) is 4.79 Å². The lowest BCUT2D eigenvalue weighted by atomic mass is 10.2. The largest absolute Gasteiger partial charge is 0.307 e. The lowest BCUT2D eigenvalue weighted by Crippen LogP contribution is -2.21. The molecule has 0 saturated carbocycles. The quantitative estimate of drug-likeness (QED) is 0.850. The maximum absolute atomic E-state index is 11.6. The number of rotatable bonds is 2. The van der Waals surface area contributed by atoms with Gasteiger partial charge in [-0.1, -0.05) is 40.9 Å². The number of hydrogen-bond acceptors (Lipinski definition) is 2. The maximum Gasteiger partial charge on any atom is 0.288 e. The summed E-state index contributed by atoms with van der Waals surface area (Å²) in [5.41, 5.74) is 0.531. The molecule has 17 heavy (non-hydrogen) atoms. The molecule has 0 bridgehead atoms. The van der Waals surface area contributed by atoms with Gasteiger partial charge in [-0.05, 0) is 17.7 Å². The van der Waals surface area contributed by atoms with Crippen molar-refractivity contribution >= 4 is 34.8 Å². The minimum Gasteiger partial charge on any atom is -0.307 e. The highest BCUT2D eigenvalue weighted by Gasteiger charge is 2.04. The fraction of sp³-hybridized carbons (Fsp3) is 0.0909. The fourth-order valence-corrected chi connectivity index (χ4v) is 1.87. The van der Waals surface area contributed by atoms with E-state index in [1.165, 1.54) is 10.8 Å². The van der Waals surface area contributed by atoms with E-state index < -0.39 is 0 Å². The van der Waals surface area contributed by atoms with Gasteiger partial charge in [0.15, 0.2) is 5.15 Å². The van der Waals surface area contributed by atoms with Gasteiger partial charge in [0.25, 0.3) is 5.56 Å². The van der Waals surface area contributed by atoms with Crippen LogP contribution in [0.2, 0.25) is 15.2 Å². The molecule has 1 aromatic carbocycles. The summed E-state index contributed by atoms with van der Waals surface area (Å²) in [6, 6.07) is 5.20. The Morgan fingerprint density at radius 2 is 1.94 bits per heavy atom. The van der Waals surface area contributed by atoms with Gasteiger partial charge in [-0.15, -0.1) is 0 Å². The van der Waals surface area contributed by atoms with Gasteiger partial charge in [0.2, 0.25) is 0 Å². The number of nitrogens with zero attached hydrogens (tertiary/aromatic N) is 2. The van der Waals surface area contributed by atoms with Crippen molar-refractivity contribution in [2.45, 2.75) is 6.54 Å². The molecule has 0 atom stereocenters. The molecular weight excluding hydrogens is 282 g/mol. The van der Waals surface area contributed by atoms with Gasteiger partial charge in [-0.25, -0.2) is 4.98 Å². The predicted octanol–water partition coefficient (Wildman–Crippen LogP) is 3.25. The average Bonchev–Trinajstić information content (AvgIpc) is 2.30. The minimum absolute atomic E-state index is 0.0486. The van der Waals surface area contributed by atoms with E-state index in [0.717, 1.165) is 5.56 Å². The fourth-order valence-electron chi connectivity index (χ4n) is 1.38. The molecule has 0 aliphatic rings. The summed E-state index contributed by atoms with van der Waals surface area (Å²) in [4.78, 5) is 15.3. The van der Waals surface area contributed by atoms with Crippen LogP contribution in [0.25, 0.3) is 0 Å². The van der Waals surface area contributed by atoms with Gasteiger partial charge >= 0.3 is 0 Å². The number of halogens is 3. The molecule has 1 heterocycles. The molecule has 0 amide bonds. The summed E-state index contributed by atoms with van der Waals surface area (Å²) < 4.78 is 1.45. The van der Waals surface area contributed by atoms with Crippen LogP contribution in [0, 0.1) is 0 Å². The minimum atomic E-state index is -0.333. The zero-order chi connectivity index (χ0) is 12.4. The van der Waals surface area contributed by atoms with Gasteiger partial charge in [0.1, 0.15) is 0 Å². The average molecular weight is 290 g/mol. The van der Waals surface area contributed by atoms with E-state index in [1.807, 2.05) is 0 Å². The molecule has 0 radical (unpaired) electrons. The van der Waals surface area contributed by atoms with Crippen molar-refractivity contribution in [3.05, 3.63) is 61.7 Å². The summed E-state index contributed by atoms with van der Waals surface area (Å²) in [5.74, 6) is 0. The summed E-state index contributed by atoms with van der Waals surface area (Å²) >= 11 is 17.3. The first-order valence-corrected chi connectivity index (χ1v) is 5.86. The van der Waals surface area contributed by atoms with Crippen LogP contribution < -0.4 is 5.56 Å². The first kappa shape index (κ1) is 12.4. The van der Waals surface area contributed by atoms with E-state index in [4.69, 9.17) is 34.8 Å². The van der Waals surface area contributed by atoms with Gasteiger partial charge in [0, 0.05) is 12.4 Å². The van der Waals surface area contributed by atoms with Crippen molar-refractivity contribution in [2.24, 2.45) is 0 Å². The van der Waals surface area contributed by atoms with Gasteiger partial charge in [-0.2, -0.15) is 0 Å². The molecule has 0 aliphatic carbocycles. The van der Waals surface area contributed by atoms with Crippen molar-refractivity contribution in [2.75, 3.05) is 0 Å². The molecule has 1 aromatic heterocycles. The van der Waals surface area contributed by atoms with Crippen LogP contribution >= 0.6 is 34.8 Å². The Kier molecular flexibility index (Phi) is 3.72. The molecule has 0 N–H and O–H groups in total. The Bertz CT molecular complexity index is 610. The molecule has 2 aromatic rings. The van der Waals surface area contributed by atoms with E-state index in [9.17, 15) is 4.79 Å². The molecule has 2 rings (SSSR count). The second-order valence-electron chi connectivity index (χ2n) is 3.40. The maximum atomic E-state index is 11.6. The van der Waals surface area contributed by atoms with Crippen LogP contribution in [0.5, 0.6) is 0 Å². The first-order valence-electron chi connectivity index (χ1n) is 4.73. The molecule has 6 heteroatoms. The lowest BCUT2D eigenvalue weighted by Gasteiger charge is -2.06. The second-order valence-corrected chi connectivity index (χ2v) is 4.57. The van der Waals surface area contributed by atoms with Crippen molar-refractivity contribution in [1.29, 1.82) is 0 Å². The summed E-state index contributed by atoms with van der Waals surface area (Å²) in [5, 5.41) is 0.889. The Morgan fingerprint density at radius 1 is 1.18 bits per heavy atom. The van der Waals surface area contributed by atoms with Crippen LogP contribution in [0.15, 0.2) is 35.4 Å². The van der Waals surface area contributed by atoms with Crippen LogP contribution in [0.3, 0.4) is 0 Å². The van der Waals surface area contributed by atoms with Crippen molar-refractivity contribution in [1.82, 2.24) is 9.55 Å². The number of hydrogen-bond donors (Lipinski definition) is 0. The molecule has 0 saturated heterocycles. The molecule has 0 aliphatic heterocycles. The van der Waals surface area contributed by atoms with Crippen LogP contribution in [0.4, 0.5) is 0 Å².